The molecule has 5 nitrogen and oxygen atoms in total. The van der Waals surface area contributed by atoms with Crippen molar-refractivity contribution in [1.29, 1.82) is 0 Å². The van der Waals surface area contributed by atoms with Crippen LogP contribution in [0.4, 0.5) is 0 Å². The lowest BCUT2D eigenvalue weighted by molar-refractivity contribution is -0.121. The fourth-order valence-corrected chi connectivity index (χ4v) is 2.49. The molecule has 0 radical (unpaired) electrons. The molecule has 21 heavy (non-hydrogen) atoms. The molecule has 0 unspecified atom stereocenters. The fourth-order valence-electron chi connectivity index (χ4n) is 1.75. The van der Waals surface area contributed by atoms with Crippen molar-refractivity contribution in [2.24, 2.45) is 0 Å². The van der Waals surface area contributed by atoms with Crippen molar-refractivity contribution in [3.05, 3.63) is 40.6 Å². The van der Waals surface area contributed by atoms with Crippen molar-refractivity contribution in [1.82, 2.24) is 15.3 Å². The molecule has 0 saturated carbocycles. The van der Waals surface area contributed by atoms with Crippen molar-refractivity contribution in [3.63, 3.8) is 0 Å². The third-order valence-corrected chi connectivity index (χ3v) is 3.65. The number of hydrogen-bond acceptors (Lipinski definition) is 5. The van der Waals surface area contributed by atoms with Crippen LogP contribution in [-0.4, -0.2) is 22.4 Å². The highest BCUT2D eigenvalue weighted by molar-refractivity contribution is 7.09. The smallest absolute Gasteiger partial charge is 0.219 e. The van der Waals surface area contributed by atoms with Gasteiger partial charge in [-0.05, 0) is 18.6 Å². The Morgan fingerprint density at radius 3 is 3.14 bits per heavy atom. The van der Waals surface area contributed by atoms with Gasteiger partial charge in [-0.25, -0.2) is 4.98 Å². The van der Waals surface area contributed by atoms with Gasteiger partial charge in [0.15, 0.2) is 0 Å². The molecule has 0 aromatic carbocycles. The van der Waals surface area contributed by atoms with E-state index in [1.54, 1.807) is 23.7 Å². The van der Waals surface area contributed by atoms with Gasteiger partial charge in [-0.3, -0.25) is 9.78 Å². The van der Waals surface area contributed by atoms with Gasteiger partial charge in [0.25, 0.3) is 0 Å². The van der Waals surface area contributed by atoms with E-state index < -0.39 is 0 Å². The van der Waals surface area contributed by atoms with Gasteiger partial charge in [0.05, 0.1) is 11.9 Å². The molecule has 0 aliphatic heterocycles. The van der Waals surface area contributed by atoms with Crippen molar-refractivity contribution in [3.8, 4) is 5.75 Å². The van der Waals surface area contributed by atoms with Crippen molar-refractivity contribution in [2.45, 2.75) is 32.8 Å². The highest BCUT2D eigenvalue weighted by Gasteiger charge is 2.04. The Morgan fingerprint density at radius 2 is 2.38 bits per heavy atom. The van der Waals surface area contributed by atoms with E-state index in [1.807, 2.05) is 24.4 Å². The Labute approximate surface area is 128 Å². The summed E-state index contributed by atoms with van der Waals surface area (Å²) in [6.07, 6.45) is 5.59. The first-order valence-corrected chi connectivity index (χ1v) is 7.88. The number of ether oxygens (including phenoxy) is 1. The number of thiazole rings is 1. The van der Waals surface area contributed by atoms with E-state index in [4.69, 9.17) is 4.74 Å². The van der Waals surface area contributed by atoms with Gasteiger partial charge in [-0.15, -0.1) is 11.3 Å². The van der Waals surface area contributed by atoms with E-state index in [-0.39, 0.29) is 5.91 Å². The molecule has 0 atom stereocenters. The maximum Gasteiger partial charge on any atom is 0.219 e. The average Bonchev–Trinajstić information content (AvgIpc) is 2.94. The highest BCUT2D eigenvalue weighted by Crippen LogP contribution is 2.14. The first-order chi connectivity index (χ1) is 10.3. The Hall–Kier alpha value is -1.95. The van der Waals surface area contributed by atoms with E-state index in [0.29, 0.717) is 19.6 Å². The molecule has 0 saturated heterocycles. The molecule has 0 spiro atoms. The lowest BCUT2D eigenvalue weighted by Crippen LogP contribution is -2.25. The van der Waals surface area contributed by atoms with Crippen LogP contribution in [0.5, 0.6) is 5.75 Å². The van der Waals surface area contributed by atoms with Crippen molar-refractivity contribution >= 4 is 17.2 Å². The standard InChI is InChI=1S/C15H19N3O2S/c1-2-4-14(19)17-8-6-12-11-21-15(18-12)10-20-13-5-3-7-16-9-13/h3,5,7,9,11H,2,4,6,8,10H2,1H3,(H,17,19). The van der Waals surface area contributed by atoms with Crippen LogP contribution in [0.2, 0.25) is 0 Å². The summed E-state index contributed by atoms with van der Waals surface area (Å²) in [6.45, 7) is 3.07. The number of hydrogen-bond donors (Lipinski definition) is 1. The predicted molar refractivity (Wildman–Crippen MR) is 82.3 cm³/mol. The molecule has 2 heterocycles. The van der Waals surface area contributed by atoms with Crippen LogP contribution >= 0.6 is 11.3 Å². The molecule has 2 aromatic heterocycles. The lowest BCUT2D eigenvalue weighted by atomic mass is 10.3. The summed E-state index contributed by atoms with van der Waals surface area (Å²) in [7, 11) is 0. The topological polar surface area (TPSA) is 64.1 Å². The monoisotopic (exact) mass is 305 g/mol. The van der Waals surface area contributed by atoms with Crippen LogP contribution in [0.25, 0.3) is 0 Å². The second-order valence-electron chi connectivity index (χ2n) is 4.56. The third kappa shape index (κ3) is 5.51. The Balaban J connectivity index is 1.72. The van der Waals surface area contributed by atoms with Gasteiger partial charge in [0.1, 0.15) is 17.4 Å². The van der Waals surface area contributed by atoms with Gasteiger partial charge in [0, 0.05) is 31.0 Å². The van der Waals surface area contributed by atoms with E-state index in [9.17, 15) is 4.79 Å². The number of amides is 1. The minimum atomic E-state index is 0.105. The van der Waals surface area contributed by atoms with Gasteiger partial charge in [-0.2, -0.15) is 0 Å². The minimum absolute atomic E-state index is 0.105. The summed E-state index contributed by atoms with van der Waals surface area (Å²) in [5.41, 5.74) is 0.988. The summed E-state index contributed by atoms with van der Waals surface area (Å²) in [5.74, 6) is 0.842. The highest BCUT2D eigenvalue weighted by atomic mass is 32.1. The zero-order chi connectivity index (χ0) is 14.9. The Morgan fingerprint density at radius 1 is 1.48 bits per heavy atom. The zero-order valence-corrected chi connectivity index (χ0v) is 12.9. The summed E-state index contributed by atoms with van der Waals surface area (Å²) >= 11 is 1.57. The number of aromatic nitrogens is 2. The van der Waals surface area contributed by atoms with Crippen LogP contribution in [0.1, 0.15) is 30.5 Å². The molecule has 0 bridgehead atoms. The van der Waals surface area contributed by atoms with E-state index >= 15 is 0 Å². The number of carbonyl (C=O) groups excluding carboxylic acids is 1. The van der Waals surface area contributed by atoms with Crippen LogP contribution in [0, 0.1) is 0 Å². The normalized spacial score (nSPS) is 10.3. The molecule has 1 amide bonds. The third-order valence-electron chi connectivity index (χ3n) is 2.78. The molecule has 2 rings (SSSR count). The largest absolute Gasteiger partial charge is 0.485 e. The van der Waals surface area contributed by atoms with Gasteiger partial charge >= 0.3 is 0 Å². The van der Waals surface area contributed by atoms with Gasteiger partial charge < -0.3 is 10.1 Å². The molecule has 2 aromatic rings. The zero-order valence-electron chi connectivity index (χ0n) is 12.0. The number of rotatable bonds is 8. The van der Waals surface area contributed by atoms with Gasteiger partial charge in [-0.1, -0.05) is 6.92 Å². The van der Waals surface area contributed by atoms with E-state index in [2.05, 4.69) is 15.3 Å². The molecule has 0 aliphatic rings. The predicted octanol–water partition coefficient (Wildman–Crippen LogP) is 2.58. The Kier molecular flexibility index (Phi) is 6.15. The number of nitrogens with one attached hydrogen (secondary N) is 1. The van der Waals surface area contributed by atoms with Crippen LogP contribution in [0.15, 0.2) is 29.9 Å². The Bertz CT molecular complexity index is 557. The molecule has 0 aliphatic carbocycles. The van der Waals surface area contributed by atoms with Crippen LogP contribution < -0.4 is 10.1 Å². The SMILES string of the molecule is CCCC(=O)NCCc1csc(COc2cccnc2)n1. The summed E-state index contributed by atoms with van der Waals surface area (Å²) in [6, 6.07) is 3.70. The summed E-state index contributed by atoms with van der Waals surface area (Å²) in [5, 5.41) is 5.82. The quantitative estimate of drug-likeness (QED) is 0.814. The van der Waals surface area contributed by atoms with Crippen LogP contribution in [0.3, 0.4) is 0 Å². The molecule has 1 N–H and O–H groups in total. The second-order valence-corrected chi connectivity index (χ2v) is 5.50. The number of nitrogens with zero attached hydrogens (tertiary/aromatic N) is 2. The maximum atomic E-state index is 11.3. The second kappa shape index (κ2) is 8.36. The number of pyridine rings is 1. The summed E-state index contributed by atoms with van der Waals surface area (Å²) < 4.78 is 5.60. The van der Waals surface area contributed by atoms with Crippen molar-refractivity contribution in [2.75, 3.05) is 6.54 Å². The molecule has 6 heteroatoms. The number of carbonyl (C=O) groups is 1. The molecular formula is C15H19N3O2S. The van der Waals surface area contributed by atoms with Crippen molar-refractivity contribution < 1.29 is 9.53 Å². The van der Waals surface area contributed by atoms with E-state index in [0.717, 1.165) is 29.3 Å². The lowest BCUT2D eigenvalue weighted by Gasteiger charge is -2.03. The summed E-state index contributed by atoms with van der Waals surface area (Å²) in [4.78, 5) is 19.8. The molecule has 0 fully saturated rings. The minimum Gasteiger partial charge on any atom is -0.485 e. The average molecular weight is 305 g/mol. The van der Waals surface area contributed by atoms with Crippen LogP contribution in [-0.2, 0) is 17.8 Å². The maximum absolute atomic E-state index is 11.3. The first kappa shape index (κ1) is 15.4. The van der Waals surface area contributed by atoms with E-state index in [1.165, 1.54) is 0 Å². The van der Waals surface area contributed by atoms with Gasteiger partial charge in [0.2, 0.25) is 5.91 Å². The first-order valence-electron chi connectivity index (χ1n) is 7.00. The fraction of sp³-hybridized carbons (Fsp3) is 0.400. The molecular weight excluding hydrogens is 286 g/mol. The molecule has 112 valence electrons.